The molecule has 25 heavy (non-hydrogen) atoms. The molecule has 0 bridgehead atoms. The number of carbonyl (C=O) groups is 1. The smallest absolute Gasteiger partial charge is 0.267 e. The number of halogens is 3. The van der Waals surface area contributed by atoms with Crippen molar-refractivity contribution in [1.29, 1.82) is 0 Å². The topological polar surface area (TPSA) is 41.5 Å². The van der Waals surface area contributed by atoms with Gasteiger partial charge in [0.25, 0.3) is 5.91 Å². The fourth-order valence-electron chi connectivity index (χ4n) is 2.42. The van der Waals surface area contributed by atoms with Crippen LogP contribution in [0.1, 0.15) is 21.5 Å². The normalized spacial score (nSPS) is 11.8. The van der Waals surface area contributed by atoms with Crippen molar-refractivity contribution in [2.75, 3.05) is 0 Å². The zero-order valence-electron chi connectivity index (χ0n) is 12.9. The molecule has 126 valence electrons. The van der Waals surface area contributed by atoms with Crippen LogP contribution in [0.25, 0.3) is 10.8 Å². The molecule has 0 heterocycles. The summed E-state index contributed by atoms with van der Waals surface area (Å²) in [4.78, 5) is 12.1. The summed E-state index contributed by atoms with van der Waals surface area (Å²) in [6, 6.07) is 17.7. The molecule has 1 amide bonds. The van der Waals surface area contributed by atoms with Crippen LogP contribution >= 0.6 is 0 Å². The zero-order chi connectivity index (χ0) is 17.9. The van der Waals surface area contributed by atoms with Crippen molar-refractivity contribution in [3.05, 3.63) is 83.4 Å². The Kier molecular flexibility index (Phi) is 4.52. The van der Waals surface area contributed by atoms with E-state index in [1.807, 2.05) is 24.3 Å². The van der Waals surface area contributed by atoms with Crippen LogP contribution < -0.4 is 5.43 Å². The van der Waals surface area contributed by atoms with Crippen LogP contribution in [0.3, 0.4) is 0 Å². The van der Waals surface area contributed by atoms with Crippen molar-refractivity contribution >= 4 is 22.9 Å². The van der Waals surface area contributed by atoms with Crippen molar-refractivity contribution in [3.8, 4) is 0 Å². The fourth-order valence-corrected chi connectivity index (χ4v) is 2.42. The van der Waals surface area contributed by atoms with E-state index >= 15 is 0 Å². The minimum absolute atomic E-state index is 0.117. The van der Waals surface area contributed by atoms with Gasteiger partial charge >= 0.3 is 6.18 Å². The highest BCUT2D eigenvalue weighted by atomic mass is 19.4. The number of hydrogen-bond donors (Lipinski definition) is 1. The molecule has 0 atom stereocenters. The SMILES string of the molecule is O=C(NN=Cc1ccccc1C(F)(F)F)c1ccc2ccccc2c1. The number of hydrogen-bond acceptors (Lipinski definition) is 2. The van der Waals surface area contributed by atoms with Crippen LogP contribution in [-0.2, 0) is 6.18 Å². The van der Waals surface area contributed by atoms with Gasteiger partial charge in [-0.3, -0.25) is 4.79 Å². The molecule has 0 aliphatic rings. The zero-order valence-corrected chi connectivity index (χ0v) is 12.9. The standard InChI is InChI=1S/C19H13F3N2O/c20-19(21,22)17-8-4-3-7-16(17)12-23-24-18(25)15-10-9-13-5-1-2-6-14(13)11-15/h1-12H,(H,24,25). The summed E-state index contributed by atoms with van der Waals surface area (Å²) in [5.74, 6) is -0.494. The van der Waals surface area contributed by atoms with Crippen LogP contribution in [0.5, 0.6) is 0 Å². The second kappa shape index (κ2) is 6.76. The lowest BCUT2D eigenvalue weighted by molar-refractivity contribution is -0.137. The molecule has 0 spiro atoms. The highest BCUT2D eigenvalue weighted by molar-refractivity contribution is 5.99. The van der Waals surface area contributed by atoms with Crippen molar-refractivity contribution < 1.29 is 18.0 Å². The maximum atomic E-state index is 12.9. The first kappa shape index (κ1) is 16.7. The predicted molar refractivity (Wildman–Crippen MR) is 90.5 cm³/mol. The number of alkyl halides is 3. The fraction of sp³-hybridized carbons (Fsp3) is 0.0526. The number of carbonyl (C=O) groups excluding carboxylic acids is 1. The molecule has 3 aromatic carbocycles. The van der Waals surface area contributed by atoms with Gasteiger partial charge in [0.1, 0.15) is 0 Å². The van der Waals surface area contributed by atoms with Gasteiger partial charge in [0.15, 0.2) is 0 Å². The van der Waals surface area contributed by atoms with Crippen LogP contribution in [0.15, 0.2) is 71.8 Å². The maximum Gasteiger partial charge on any atom is 0.417 e. The monoisotopic (exact) mass is 342 g/mol. The van der Waals surface area contributed by atoms with E-state index in [4.69, 9.17) is 0 Å². The van der Waals surface area contributed by atoms with Gasteiger partial charge in [-0.2, -0.15) is 18.3 Å². The lowest BCUT2D eigenvalue weighted by Gasteiger charge is -2.09. The van der Waals surface area contributed by atoms with Crippen LogP contribution in [0.4, 0.5) is 13.2 Å². The highest BCUT2D eigenvalue weighted by Crippen LogP contribution is 2.31. The van der Waals surface area contributed by atoms with Crippen molar-refractivity contribution in [3.63, 3.8) is 0 Å². The van der Waals surface area contributed by atoms with Crippen LogP contribution in [0, 0.1) is 0 Å². The summed E-state index contributed by atoms with van der Waals surface area (Å²) in [5, 5.41) is 5.53. The number of nitrogens with one attached hydrogen (secondary N) is 1. The van der Waals surface area contributed by atoms with Gasteiger partial charge < -0.3 is 0 Å². The number of rotatable bonds is 3. The van der Waals surface area contributed by atoms with Gasteiger partial charge in [0.2, 0.25) is 0 Å². The summed E-state index contributed by atoms with van der Waals surface area (Å²) >= 11 is 0. The van der Waals surface area contributed by atoms with Gasteiger partial charge in [-0.05, 0) is 29.0 Å². The molecule has 0 unspecified atom stereocenters. The van der Waals surface area contributed by atoms with E-state index in [2.05, 4.69) is 10.5 Å². The minimum Gasteiger partial charge on any atom is -0.267 e. The first-order chi connectivity index (χ1) is 11.9. The first-order valence-electron chi connectivity index (χ1n) is 7.43. The molecular formula is C19H13F3N2O. The molecule has 0 fully saturated rings. The molecule has 0 radical (unpaired) electrons. The molecule has 6 heteroatoms. The molecule has 0 aliphatic carbocycles. The minimum atomic E-state index is -4.48. The van der Waals surface area contributed by atoms with Gasteiger partial charge in [-0.15, -0.1) is 0 Å². The van der Waals surface area contributed by atoms with E-state index in [0.29, 0.717) is 5.56 Å². The Hall–Kier alpha value is -3.15. The number of hydrazone groups is 1. The average Bonchev–Trinajstić information content (AvgIpc) is 2.60. The summed E-state index contributed by atoms with van der Waals surface area (Å²) in [5.41, 5.74) is 1.71. The Morgan fingerprint density at radius 1 is 0.920 bits per heavy atom. The summed E-state index contributed by atoms with van der Waals surface area (Å²) in [7, 11) is 0. The maximum absolute atomic E-state index is 12.9. The molecule has 0 saturated heterocycles. The molecular weight excluding hydrogens is 329 g/mol. The van der Waals surface area contributed by atoms with E-state index in [0.717, 1.165) is 23.1 Å². The Morgan fingerprint density at radius 3 is 2.36 bits per heavy atom. The Morgan fingerprint density at radius 2 is 1.60 bits per heavy atom. The largest absolute Gasteiger partial charge is 0.417 e. The van der Waals surface area contributed by atoms with Gasteiger partial charge in [-0.25, -0.2) is 5.43 Å². The van der Waals surface area contributed by atoms with E-state index in [9.17, 15) is 18.0 Å². The third-order valence-corrected chi connectivity index (χ3v) is 3.65. The first-order valence-corrected chi connectivity index (χ1v) is 7.43. The number of amides is 1. The number of nitrogens with zero attached hydrogens (tertiary/aromatic N) is 1. The molecule has 3 nitrogen and oxygen atoms in total. The summed E-state index contributed by atoms with van der Waals surface area (Å²) in [6.07, 6.45) is -3.49. The quantitative estimate of drug-likeness (QED) is 0.547. The van der Waals surface area contributed by atoms with Gasteiger partial charge in [0, 0.05) is 11.1 Å². The van der Waals surface area contributed by atoms with Gasteiger partial charge in [0.05, 0.1) is 11.8 Å². The van der Waals surface area contributed by atoms with E-state index in [1.165, 1.54) is 18.2 Å². The highest BCUT2D eigenvalue weighted by Gasteiger charge is 2.32. The third-order valence-electron chi connectivity index (χ3n) is 3.65. The Balaban J connectivity index is 1.77. The molecule has 0 saturated carbocycles. The van der Waals surface area contributed by atoms with Crippen LogP contribution in [0.2, 0.25) is 0 Å². The molecule has 0 aliphatic heterocycles. The number of fused-ring (bicyclic) bond motifs is 1. The summed E-state index contributed by atoms with van der Waals surface area (Å²) in [6.45, 7) is 0. The molecule has 3 rings (SSSR count). The lowest BCUT2D eigenvalue weighted by Crippen LogP contribution is -2.18. The molecule has 3 aromatic rings. The van der Waals surface area contributed by atoms with Crippen molar-refractivity contribution in [2.45, 2.75) is 6.18 Å². The van der Waals surface area contributed by atoms with E-state index < -0.39 is 17.6 Å². The average molecular weight is 342 g/mol. The lowest BCUT2D eigenvalue weighted by atomic mass is 10.1. The predicted octanol–water partition coefficient (Wildman–Crippen LogP) is 4.62. The molecule has 1 N–H and O–H groups in total. The van der Waals surface area contributed by atoms with E-state index in [-0.39, 0.29) is 5.56 Å². The second-order valence-electron chi connectivity index (χ2n) is 5.35. The Labute approximate surface area is 141 Å². The van der Waals surface area contributed by atoms with E-state index in [1.54, 1.807) is 18.2 Å². The van der Waals surface area contributed by atoms with Crippen molar-refractivity contribution in [2.24, 2.45) is 5.10 Å². The third kappa shape index (κ3) is 3.85. The summed E-state index contributed by atoms with van der Waals surface area (Å²) < 4.78 is 38.7. The Bertz CT molecular complexity index is 949. The van der Waals surface area contributed by atoms with Crippen molar-refractivity contribution in [1.82, 2.24) is 5.43 Å². The molecule has 0 aromatic heterocycles. The van der Waals surface area contributed by atoms with Crippen LogP contribution in [-0.4, -0.2) is 12.1 Å². The van der Waals surface area contributed by atoms with Gasteiger partial charge in [-0.1, -0.05) is 48.5 Å². The second-order valence-corrected chi connectivity index (χ2v) is 5.35. The number of benzene rings is 3.